The number of halogens is 1. The number of nitrogens with two attached hydrogens (primary N) is 1. The highest BCUT2D eigenvalue weighted by molar-refractivity contribution is 9.10. The van der Waals surface area contributed by atoms with E-state index in [2.05, 4.69) is 15.9 Å². The van der Waals surface area contributed by atoms with E-state index in [9.17, 15) is 13.5 Å². The molecule has 1 saturated heterocycles. The van der Waals surface area contributed by atoms with E-state index in [0.29, 0.717) is 19.4 Å². The molecule has 0 bridgehead atoms. The van der Waals surface area contributed by atoms with Crippen LogP contribution in [0, 0.1) is 0 Å². The third kappa shape index (κ3) is 3.10. The van der Waals surface area contributed by atoms with Gasteiger partial charge in [-0.3, -0.25) is 0 Å². The molecule has 0 radical (unpaired) electrons. The van der Waals surface area contributed by atoms with Crippen LogP contribution in [0.5, 0.6) is 0 Å². The number of hydrogen-bond donors (Lipinski definition) is 2. The molecule has 7 heteroatoms. The summed E-state index contributed by atoms with van der Waals surface area (Å²) in [4.78, 5) is 0.0911. The van der Waals surface area contributed by atoms with Crippen molar-refractivity contribution in [2.45, 2.75) is 30.3 Å². The largest absolute Gasteiger partial charge is 0.398 e. The van der Waals surface area contributed by atoms with Gasteiger partial charge in [0, 0.05) is 17.6 Å². The van der Waals surface area contributed by atoms with Gasteiger partial charge in [0.2, 0.25) is 10.0 Å². The summed E-state index contributed by atoms with van der Waals surface area (Å²) in [6, 6.07) is 4.69. The Hall–Kier alpha value is -0.630. The molecule has 2 rings (SSSR count). The van der Waals surface area contributed by atoms with Gasteiger partial charge in [-0.2, -0.15) is 4.31 Å². The molecule has 1 aliphatic rings. The van der Waals surface area contributed by atoms with Gasteiger partial charge in [-0.05, 0) is 38.0 Å². The van der Waals surface area contributed by atoms with Crippen molar-refractivity contribution in [1.29, 1.82) is 0 Å². The monoisotopic (exact) mass is 348 g/mol. The quantitative estimate of drug-likeness (QED) is 0.794. The Balaban J connectivity index is 2.37. The first-order valence-electron chi connectivity index (χ1n) is 6.00. The molecule has 1 aromatic carbocycles. The number of anilines is 1. The summed E-state index contributed by atoms with van der Waals surface area (Å²) in [6.45, 7) is 2.17. The fourth-order valence-electron chi connectivity index (χ4n) is 2.27. The van der Waals surface area contributed by atoms with Gasteiger partial charge in [0.1, 0.15) is 4.90 Å². The summed E-state index contributed by atoms with van der Waals surface area (Å²) in [5.41, 5.74) is 5.01. The van der Waals surface area contributed by atoms with Crippen molar-refractivity contribution in [3.8, 4) is 0 Å². The lowest BCUT2D eigenvalue weighted by molar-refractivity contribution is 0.00941. The highest BCUT2D eigenvalue weighted by atomic mass is 79.9. The van der Waals surface area contributed by atoms with Gasteiger partial charge in [-0.25, -0.2) is 8.42 Å². The fourth-order valence-corrected chi connectivity index (χ4v) is 4.34. The van der Waals surface area contributed by atoms with Crippen LogP contribution in [0.1, 0.15) is 19.8 Å². The third-order valence-electron chi connectivity index (χ3n) is 3.23. The minimum Gasteiger partial charge on any atom is -0.398 e. The molecule has 1 atom stereocenters. The highest BCUT2D eigenvalue weighted by Crippen LogP contribution is 2.29. The molecule has 0 saturated carbocycles. The van der Waals surface area contributed by atoms with Crippen LogP contribution in [0.4, 0.5) is 5.69 Å². The smallest absolute Gasteiger partial charge is 0.245 e. The second-order valence-electron chi connectivity index (χ2n) is 5.12. The van der Waals surface area contributed by atoms with Gasteiger partial charge in [0.25, 0.3) is 0 Å². The molecule has 1 fully saturated rings. The van der Waals surface area contributed by atoms with Crippen molar-refractivity contribution in [2.75, 3.05) is 18.8 Å². The maximum Gasteiger partial charge on any atom is 0.245 e. The van der Waals surface area contributed by atoms with E-state index in [4.69, 9.17) is 5.73 Å². The predicted molar refractivity (Wildman–Crippen MR) is 77.2 cm³/mol. The Morgan fingerprint density at radius 3 is 2.74 bits per heavy atom. The molecule has 1 heterocycles. The topological polar surface area (TPSA) is 83.6 Å². The standard InChI is InChI=1S/C12H17BrN2O3S/c1-12(16)5-2-6-15(8-12)19(17,18)11-4-3-9(13)7-10(11)14/h3-4,7,16H,2,5-6,8,14H2,1H3. The van der Waals surface area contributed by atoms with Crippen LogP contribution in [0.3, 0.4) is 0 Å². The molecule has 1 aliphatic heterocycles. The maximum atomic E-state index is 12.5. The Labute approximate surface area is 121 Å². The number of β-amino-alcohol motifs (C(OH)–C–C–N with tert-alkyl or cyclic N) is 1. The van der Waals surface area contributed by atoms with Crippen molar-refractivity contribution < 1.29 is 13.5 Å². The Bertz CT molecular complexity index is 587. The van der Waals surface area contributed by atoms with Gasteiger partial charge in [-0.15, -0.1) is 0 Å². The number of hydrogen-bond acceptors (Lipinski definition) is 4. The molecule has 5 nitrogen and oxygen atoms in total. The zero-order valence-electron chi connectivity index (χ0n) is 10.6. The average molecular weight is 349 g/mol. The number of piperidine rings is 1. The van der Waals surface area contributed by atoms with Crippen LogP contribution in [0.25, 0.3) is 0 Å². The van der Waals surface area contributed by atoms with Gasteiger partial charge in [-0.1, -0.05) is 15.9 Å². The normalized spacial score (nSPS) is 25.4. The van der Waals surface area contributed by atoms with E-state index in [0.717, 1.165) is 4.47 Å². The van der Waals surface area contributed by atoms with Gasteiger partial charge < -0.3 is 10.8 Å². The summed E-state index contributed by atoms with van der Waals surface area (Å²) in [7, 11) is -3.65. The minimum atomic E-state index is -3.65. The van der Waals surface area contributed by atoms with Crippen LogP contribution < -0.4 is 5.73 Å². The Kier molecular flexibility index (Phi) is 3.92. The molecule has 0 aliphatic carbocycles. The van der Waals surface area contributed by atoms with Crippen LogP contribution in [0.2, 0.25) is 0 Å². The van der Waals surface area contributed by atoms with Gasteiger partial charge in [0.05, 0.1) is 11.3 Å². The molecule has 19 heavy (non-hydrogen) atoms. The number of benzene rings is 1. The minimum absolute atomic E-state index is 0.0911. The molecule has 106 valence electrons. The molecule has 1 unspecified atom stereocenters. The zero-order chi connectivity index (χ0) is 14.3. The Morgan fingerprint density at radius 2 is 2.16 bits per heavy atom. The van der Waals surface area contributed by atoms with Gasteiger partial charge in [0.15, 0.2) is 0 Å². The number of nitrogen functional groups attached to an aromatic ring is 1. The predicted octanol–water partition coefficient (Wildman–Crippen LogP) is 1.57. The maximum absolute atomic E-state index is 12.5. The second kappa shape index (κ2) is 5.05. The summed E-state index contributed by atoms with van der Waals surface area (Å²) < 4.78 is 27.1. The van der Waals surface area contributed by atoms with Crippen molar-refractivity contribution >= 4 is 31.6 Å². The third-order valence-corrected chi connectivity index (χ3v) is 5.64. The van der Waals surface area contributed by atoms with Crippen LogP contribution >= 0.6 is 15.9 Å². The zero-order valence-corrected chi connectivity index (χ0v) is 13.0. The second-order valence-corrected chi connectivity index (χ2v) is 7.94. The number of aliphatic hydroxyl groups is 1. The molecule has 0 amide bonds. The van der Waals surface area contributed by atoms with Crippen molar-refractivity contribution in [3.63, 3.8) is 0 Å². The summed E-state index contributed by atoms with van der Waals surface area (Å²) in [5.74, 6) is 0. The molecular weight excluding hydrogens is 332 g/mol. The van der Waals surface area contributed by atoms with Crippen LogP contribution in [-0.4, -0.2) is 36.5 Å². The van der Waals surface area contributed by atoms with Crippen LogP contribution in [-0.2, 0) is 10.0 Å². The van der Waals surface area contributed by atoms with E-state index in [1.807, 2.05) is 0 Å². The lowest BCUT2D eigenvalue weighted by Gasteiger charge is -2.36. The SMILES string of the molecule is CC1(O)CCCN(S(=O)(=O)c2ccc(Br)cc2N)C1. The molecule has 0 aromatic heterocycles. The van der Waals surface area contributed by atoms with E-state index >= 15 is 0 Å². The van der Waals surface area contributed by atoms with Crippen molar-refractivity contribution in [3.05, 3.63) is 22.7 Å². The first-order chi connectivity index (χ1) is 8.72. The van der Waals surface area contributed by atoms with Gasteiger partial charge >= 0.3 is 0 Å². The molecular formula is C12H17BrN2O3S. The van der Waals surface area contributed by atoms with E-state index in [1.54, 1.807) is 19.1 Å². The lowest BCUT2D eigenvalue weighted by atomic mass is 9.97. The Morgan fingerprint density at radius 1 is 1.47 bits per heavy atom. The van der Waals surface area contributed by atoms with Crippen molar-refractivity contribution in [2.24, 2.45) is 0 Å². The van der Waals surface area contributed by atoms with Crippen molar-refractivity contribution in [1.82, 2.24) is 4.31 Å². The number of rotatable bonds is 2. The molecule has 1 aromatic rings. The van der Waals surface area contributed by atoms with E-state index in [1.165, 1.54) is 10.4 Å². The lowest BCUT2D eigenvalue weighted by Crippen LogP contribution is -2.48. The molecule has 3 N–H and O–H groups in total. The first kappa shape index (κ1) is 14.8. The van der Waals surface area contributed by atoms with E-state index in [-0.39, 0.29) is 17.1 Å². The molecule has 0 spiro atoms. The number of sulfonamides is 1. The van der Waals surface area contributed by atoms with Crippen LogP contribution in [0.15, 0.2) is 27.6 Å². The summed E-state index contributed by atoms with van der Waals surface area (Å²) in [6.07, 6.45) is 1.25. The summed E-state index contributed by atoms with van der Waals surface area (Å²) >= 11 is 3.25. The number of nitrogens with zero attached hydrogens (tertiary/aromatic N) is 1. The summed E-state index contributed by atoms with van der Waals surface area (Å²) in [5, 5.41) is 10.0. The highest BCUT2D eigenvalue weighted by Gasteiger charge is 2.36. The average Bonchev–Trinajstić information content (AvgIpc) is 2.27. The first-order valence-corrected chi connectivity index (χ1v) is 8.23. The van der Waals surface area contributed by atoms with E-state index < -0.39 is 15.6 Å². The fraction of sp³-hybridized carbons (Fsp3) is 0.500.